The molecule has 0 aliphatic heterocycles. The maximum atomic E-state index is 3.59. The van der Waals surface area contributed by atoms with Crippen molar-refractivity contribution in [1.29, 1.82) is 0 Å². The summed E-state index contributed by atoms with van der Waals surface area (Å²) in [5.74, 6) is 0. The second kappa shape index (κ2) is 31.3. The summed E-state index contributed by atoms with van der Waals surface area (Å²) in [4.78, 5) is 0. The highest BCUT2D eigenvalue weighted by Crippen LogP contribution is 2.42. The van der Waals surface area contributed by atoms with Gasteiger partial charge in [-0.15, -0.1) is 45.3 Å². The molecule has 8 heteroatoms. The molecular weight excluding hydrogens is 1430 g/mol. The number of hydrogen-bond acceptors (Lipinski definition) is 8. The molecule has 22 rings (SSSR count). The smallest absolute Gasteiger partial charge is 0.0391 e. The summed E-state index contributed by atoms with van der Waals surface area (Å²) in [6.07, 6.45) is 0. The predicted molar refractivity (Wildman–Crippen MR) is 493 cm³/mol. The fourth-order valence-corrected chi connectivity index (χ4v) is 19.4. The molecule has 0 atom stereocenters. The zero-order chi connectivity index (χ0) is 74.5. The Labute approximate surface area is 666 Å². The monoisotopic (exact) mass is 1500 g/mol. The molecule has 0 saturated carbocycles. The van der Waals surface area contributed by atoms with Gasteiger partial charge in [-0.05, 0) is 218 Å². The minimum absolute atomic E-state index is 1.10. The number of fused-ring (bicyclic) bond motifs is 14. The number of benzene rings is 18. The first-order chi connectivity index (χ1) is 55.4. The molecule has 0 saturated heterocycles. The van der Waals surface area contributed by atoms with Gasteiger partial charge in [-0.25, -0.2) is 0 Å². The van der Waals surface area contributed by atoms with Crippen LogP contribution >= 0.6 is 45.3 Å². The van der Waals surface area contributed by atoms with Crippen LogP contribution < -0.4 is 21.3 Å². The molecule has 18 aromatic carbocycles. The zero-order valence-electron chi connectivity index (χ0n) is 60.9. The van der Waals surface area contributed by atoms with Gasteiger partial charge in [-0.1, -0.05) is 261 Å². The van der Waals surface area contributed by atoms with Gasteiger partial charge in [-0.2, -0.15) is 0 Å². The molecule has 0 bridgehead atoms. The average Bonchev–Trinajstić information content (AvgIpc) is 1.69. The van der Waals surface area contributed by atoms with Crippen LogP contribution in [0, 0.1) is 0 Å². The molecule has 4 N–H and O–H groups in total. The van der Waals surface area contributed by atoms with Crippen molar-refractivity contribution in [3.8, 4) is 44.5 Å². The lowest BCUT2D eigenvalue weighted by molar-refractivity contribution is 1.55. The molecule has 22 aromatic rings. The molecule has 0 unspecified atom stereocenters. The molecule has 0 aliphatic carbocycles. The van der Waals surface area contributed by atoms with Crippen LogP contribution in [0.3, 0.4) is 0 Å². The van der Waals surface area contributed by atoms with E-state index in [1.165, 1.54) is 147 Å². The first kappa shape index (κ1) is 69.0. The first-order valence-electron chi connectivity index (χ1n) is 37.6. The lowest BCUT2D eigenvalue weighted by Gasteiger charge is -2.10. The molecular formula is C104H72N4S4. The van der Waals surface area contributed by atoms with Crippen molar-refractivity contribution in [2.75, 3.05) is 21.3 Å². The van der Waals surface area contributed by atoms with Gasteiger partial charge in [0.05, 0.1) is 0 Å². The standard InChI is InChI=1S/2C28H19NS.2C24H17NS/c1-2-8-23-19(6-1)7-5-10-24(23)20-12-14-21(15-13-20)29-22-16-17-28-26(18-22)25-9-3-4-11-27(25)30-28;1-2-6-19(7-3-1)20-10-11-22-17-23(13-12-21(22)16-20)29-24-14-15-28-26(18-24)25-8-4-5-9-27(25)30-28;1-2-7-17(8-3-1)18-9-6-10-19(15-18)25-20-13-14-24-22(16-20)21-11-4-5-12-23(21)26-24;1-2-6-17(7-3-1)18-10-12-19(13-11-18)25-20-14-15-24-22(16-20)21-8-4-5-9-23(21)26-24/h2*1-18,29H;2*1-16,25H. The Morgan fingerprint density at radius 3 is 0.866 bits per heavy atom. The summed E-state index contributed by atoms with van der Waals surface area (Å²) < 4.78 is 10.7. The van der Waals surface area contributed by atoms with Gasteiger partial charge in [0.25, 0.3) is 0 Å². The van der Waals surface area contributed by atoms with Gasteiger partial charge in [0, 0.05) is 126 Å². The Hall–Kier alpha value is -13.4. The van der Waals surface area contributed by atoms with Gasteiger partial charge in [-0.3, -0.25) is 0 Å². The molecule has 4 heterocycles. The molecule has 0 radical (unpaired) electrons. The Bertz CT molecular complexity index is 7120. The maximum Gasteiger partial charge on any atom is 0.0391 e. The van der Waals surface area contributed by atoms with Crippen molar-refractivity contribution in [3.63, 3.8) is 0 Å². The van der Waals surface area contributed by atoms with Crippen LogP contribution in [-0.2, 0) is 0 Å². The molecule has 4 nitrogen and oxygen atoms in total. The number of rotatable bonds is 12. The van der Waals surface area contributed by atoms with E-state index in [-0.39, 0.29) is 0 Å². The van der Waals surface area contributed by atoms with E-state index in [2.05, 4.69) is 422 Å². The minimum atomic E-state index is 1.10. The summed E-state index contributed by atoms with van der Waals surface area (Å²) in [7, 11) is 0. The van der Waals surface area contributed by atoms with E-state index in [1.807, 2.05) is 57.5 Å². The molecule has 0 aliphatic rings. The Morgan fingerprint density at radius 1 is 0.134 bits per heavy atom. The average molecular weight is 1510 g/mol. The molecule has 4 aromatic heterocycles. The first-order valence-corrected chi connectivity index (χ1v) is 40.9. The molecule has 0 amide bonds. The lowest BCUT2D eigenvalue weighted by Crippen LogP contribution is -1.90. The number of nitrogens with one attached hydrogen (secondary N) is 4. The van der Waals surface area contributed by atoms with Crippen molar-refractivity contribution >= 4 is 193 Å². The second-order valence-electron chi connectivity index (χ2n) is 27.9. The van der Waals surface area contributed by atoms with Gasteiger partial charge in [0.15, 0.2) is 0 Å². The van der Waals surface area contributed by atoms with Crippen molar-refractivity contribution in [2.24, 2.45) is 0 Å². The van der Waals surface area contributed by atoms with Crippen molar-refractivity contribution in [1.82, 2.24) is 0 Å². The van der Waals surface area contributed by atoms with Gasteiger partial charge in [0.2, 0.25) is 0 Å². The normalized spacial score (nSPS) is 11.2. The largest absolute Gasteiger partial charge is 0.356 e. The molecule has 532 valence electrons. The van der Waals surface area contributed by atoms with E-state index in [0.717, 1.165) is 45.5 Å². The van der Waals surface area contributed by atoms with Crippen LogP contribution in [0.4, 0.5) is 45.5 Å². The third-order valence-electron chi connectivity index (χ3n) is 20.6. The Balaban J connectivity index is 0.000000101. The molecule has 112 heavy (non-hydrogen) atoms. The van der Waals surface area contributed by atoms with E-state index in [9.17, 15) is 0 Å². The second-order valence-corrected chi connectivity index (χ2v) is 32.2. The third-order valence-corrected chi connectivity index (χ3v) is 25.2. The fraction of sp³-hybridized carbons (Fsp3) is 0. The highest BCUT2D eigenvalue weighted by atomic mass is 32.1. The number of hydrogen-bond donors (Lipinski definition) is 4. The van der Waals surface area contributed by atoms with Gasteiger partial charge < -0.3 is 21.3 Å². The number of thiophene rings is 4. The van der Waals surface area contributed by atoms with Crippen molar-refractivity contribution in [2.45, 2.75) is 0 Å². The lowest BCUT2D eigenvalue weighted by atomic mass is 9.98. The van der Waals surface area contributed by atoms with Crippen molar-refractivity contribution in [3.05, 3.63) is 413 Å². The van der Waals surface area contributed by atoms with E-state index >= 15 is 0 Å². The topological polar surface area (TPSA) is 48.1 Å². The molecule has 0 fully saturated rings. The van der Waals surface area contributed by atoms with E-state index < -0.39 is 0 Å². The predicted octanol–water partition coefficient (Wildman–Crippen LogP) is 32.2. The van der Waals surface area contributed by atoms with E-state index in [0.29, 0.717) is 0 Å². The third kappa shape index (κ3) is 14.9. The zero-order valence-corrected chi connectivity index (χ0v) is 64.2. The van der Waals surface area contributed by atoms with Crippen LogP contribution in [-0.4, -0.2) is 0 Å². The fourth-order valence-electron chi connectivity index (χ4n) is 15.0. The Kier molecular flexibility index (Phi) is 19.3. The molecule has 0 spiro atoms. The summed E-state index contributed by atoms with van der Waals surface area (Å²) in [6.45, 7) is 0. The summed E-state index contributed by atoms with van der Waals surface area (Å²) >= 11 is 7.40. The maximum absolute atomic E-state index is 3.59. The minimum Gasteiger partial charge on any atom is -0.356 e. The van der Waals surface area contributed by atoms with Crippen molar-refractivity contribution < 1.29 is 0 Å². The van der Waals surface area contributed by atoms with E-state index in [1.54, 1.807) is 0 Å². The van der Waals surface area contributed by atoms with Crippen LogP contribution in [0.5, 0.6) is 0 Å². The van der Waals surface area contributed by atoms with Crippen LogP contribution in [0.2, 0.25) is 0 Å². The quantitative estimate of drug-likeness (QED) is 0.0985. The summed E-state index contributed by atoms with van der Waals surface area (Å²) in [5, 5.41) is 29.9. The van der Waals surface area contributed by atoms with Gasteiger partial charge in [0.1, 0.15) is 0 Å². The van der Waals surface area contributed by atoms with Gasteiger partial charge >= 0.3 is 0 Å². The SMILES string of the molecule is c1ccc(-c2ccc(Nc3ccc4sc5ccccc5c4c3)cc2)cc1.c1ccc(-c2ccc3cc(Nc4ccc5sc6ccccc6c5c4)ccc3c2)cc1.c1ccc(-c2cccc(Nc3ccc4sc5ccccc5c4c3)c2)cc1.c1ccc2c(-c3ccc(Nc4ccc5sc6ccccc6c5c4)cc3)cccc2c1. The summed E-state index contributed by atoms with van der Waals surface area (Å²) in [6, 6.07) is 147. The van der Waals surface area contributed by atoms with Crippen LogP contribution in [0.25, 0.3) is 147 Å². The van der Waals surface area contributed by atoms with Crippen LogP contribution in [0.15, 0.2) is 413 Å². The highest BCUT2D eigenvalue weighted by molar-refractivity contribution is 7.27. The summed E-state index contributed by atoms with van der Waals surface area (Å²) in [5.41, 5.74) is 18.8. The van der Waals surface area contributed by atoms with Crippen LogP contribution in [0.1, 0.15) is 0 Å². The number of anilines is 8. The highest BCUT2D eigenvalue weighted by Gasteiger charge is 2.13. The Morgan fingerprint density at radius 2 is 0.411 bits per heavy atom. The van der Waals surface area contributed by atoms with E-state index in [4.69, 9.17) is 0 Å².